The van der Waals surface area contributed by atoms with Gasteiger partial charge in [0.25, 0.3) is 0 Å². The van der Waals surface area contributed by atoms with Gasteiger partial charge in [-0.2, -0.15) is 13.2 Å². The van der Waals surface area contributed by atoms with Crippen LogP contribution in [0.3, 0.4) is 0 Å². The molecule has 0 saturated carbocycles. The number of aromatic nitrogens is 1. The third kappa shape index (κ3) is 3.23. The van der Waals surface area contributed by atoms with Gasteiger partial charge in [0.15, 0.2) is 0 Å². The minimum absolute atomic E-state index is 0.0904. The average Bonchev–Trinajstić information content (AvgIpc) is 2.13. The average molecular weight is 219 g/mol. The fourth-order valence-corrected chi connectivity index (χ4v) is 1.14. The highest BCUT2D eigenvalue weighted by Gasteiger charge is 2.34. The molecule has 0 fully saturated rings. The van der Waals surface area contributed by atoms with Crippen molar-refractivity contribution in [3.63, 3.8) is 0 Å². The lowest BCUT2D eigenvalue weighted by molar-refractivity contribution is -0.142. The van der Waals surface area contributed by atoms with Crippen molar-refractivity contribution >= 4 is 5.97 Å². The van der Waals surface area contributed by atoms with Gasteiger partial charge < -0.3 is 5.11 Å². The van der Waals surface area contributed by atoms with Gasteiger partial charge in [-0.1, -0.05) is 6.07 Å². The molecule has 0 aliphatic carbocycles. The summed E-state index contributed by atoms with van der Waals surface area (Å²) in [5.74, 6) is -1.13. The Bertz CT molecular complexity index is 363. The van der Waals surface area contributed by atoms with E-state index in [1.165, 1.54) is 12.1 Å². The molecule has 1 heterocycles. The molecule has 1 rings (SSSR count). The van der Waals surface area contributed by atoms with Gasteiger partial charge in [0.1, 0.15) is 5.69 Å². The predicted molar refractivity (Wildman–Crippen MR) is 45.2 cm³/mol. The Labute approximate surface area is 83.6 Å². The summed E-state index contributed by atoms with van der Waals surface area (Å²) in [6.45, 7) is 0. The van der Waals surface area contributed by atoms with Crippen molar-refractivity contribution in [1.82, 2.24) is 4.98 Å². The van der Waals surface area contributed by atoms with Crippen LogP contribution in [0.2, 0.25) is 0 Å². The predicted octanol–water partition coefficient (Wildman–Crippen LogP) is 2.12. The van der Waals surface area contributed by atoms with Gasteiger partial charge >= 0.3 is 12.1 Å². The van der Waals surface area contributed by atoms with Crippen molar-refractivity contribution in [3.8, 4) is 0 Å². The fraction of sp³-hybridized carbons (Fsp3) is 0.333. The van der Waals surface area contributed by atoms with Crippen LogP contribution in [0, 0.1) is 0 Å². The molecule has 1 N–H and O–H groups in total. The van der Waals surface area contributed by atoms with E-state index in [-0.39, 0.29) is 18.4 Å². The normalized spacial score (nSPS) is 11.4. The van der Waals surface area contributed by atoms with Crippen LogP contribution in [0.4, 0.5) is 13.2 Å². The first-order chi connectivity index (χ1) is 6.91. The molecular formula is C9H8F3NO2. The Morgan fingerprint density at radius 2 is 2.13 bits per heavy atom. The quantitative estimate of drug-likeness (QED) is 0.847. The molecule has 0 unspecified atom stereocenters. The third-order valence-corrected chi connectivity index (χ3v) is 1.77. The van der Waals surface area contributed by atoms with Gasteiger partial charge in [0.2, 0.25) is 0 Å². The van der Waals surface area contributed by atoms with Crippen LogP contribution in [0.25, 0.3) is 0 Å². The van der Waals surface area contributed by atoms with Crippen molar-refractivity contribution in [1.29, 1.82) is 0 Å². The van der Waals surface area contributed by atoms with Crippen LogP contribution in [-0.2, 0) is 17.4 Å². The monoisotopic (exact) mass is 219 g/mol. The molecule has 0 atom stereocenters. The summed E-state index contributed by atoms with van der Waals surface area (Å²) in [5, 5.41) is 8.37. The van der Waals surface area contributed by atoms with Crippen molar-refractivity contribution < 1.29 is 23.1 Å². The highest BCUT2D eigenvalue weighted by molar-refractivity contribution is 5.67. The number of hydrogen-bond donors (Lipinski definition) is 1. The molecule has 0 aliphatic rings. The van der Waals surface area contributed by atoms with Gasteiger partial charge in [-0.15, -0.1) is 0 Å². The number of carbonyl (C=O) groups is 1. The molecule has 6 heteroatoms. The van der Waals surface area contributed by atoms with E-state index in [0.29, 0.717) is 0 Å². The summed E-state index contributed by atoms with van der Waals surface area (Å²) < 4.78 is 37.1. The first kappa shape index (κ1) is 11.5. The Morgan fingerprint density at radius 3 is 2.67 bits per heavy atom. The lowest BCUT2D eigenvalue weighted by Crippen LogP contribution is -2.12. The van der Waals surface area contributed by atoms with Crippen LogP contribution in [0.5, 0.6) is 0 Å². The molecule has 0 amide bonds. The molecule has 3 nitrogen and oxygen atoms in total. The number of carboxylic acid groups (broad SMARTS) is 1. The van der Waals surface area contributed by atoms with Gasteiger partial charge in [0, 0.05) is 12.6 Å². The highest BCUT2D eigenvalue weighted by atomic mass is 19.4. The minimum atomic E-state index is -4.53. The van der Waals surface area contributed by atoms with E-state index in [9.17, 15) is 18.0 Å². The molecule has 1 aromatic heterocycles. The molecular weight excluding hydrogens is 211 g/mol. The number of aryl methyl sites for hydroxylation is 1. The summed E-state index contributed by atoms with van der Waals surface area (Å²) in [6.07, 6.45) is -4.00. The first-order valence-corrected chi connectivity index (χ1v) is 4.14. The number of pyridine rings is 1. The minimum Gasteiger partial charge on any atom is -0.481 e. The highest BCUT2D eigenvalue weighted by Crippen LogP contribution is 2.30. The number of halogens is 3. The summed E-state index contributed by atoms with van der Waals surface area (Å²) in [5.41, 5.74) is -1.10. The van der Waals surface area contributed by atoms with Crippen molar-refractivity contribution in [2.24, 2.45) is 0 Å². The first-order valence-electron chi connectivity index (χ1n) is 4.14. The smallest absolute Gasteiger partial charge is 0.433 e. The summed E-state index contributed by atoms with van der Waals surface area (Å²) in [6, 6.07) is 2.59. The number of rotatable bonds is 3. The Morgan fingerprint density at radius 1 is 1.47 bits per heavy atom. The second kappa shape index (κ2) is 4.29. The van der Waals surface area contributed by atoms with Crippen LogP contribution in [0.1, 0.15) is 17.7 Å². The summed E-state index contributed by atoms with van der Waals surface area (Å²) in [7, 11) is 0. The van der Waals surface area contributed by atoms with Gasteiger partial charge in [0.05, 0.1) is 0 Å². The number of aliphatic carboxylic acids is 1. The maximum Gasteiger partial charge on any atom is 0.433 e. The third-order valence-electron chi connectivity index (χ3n) is 1.77. The molecule has 82 valence electrons. The van der Waals surface area contributed by atoms with E-state index >= 15 is 0 Å². The summed E-state index contributed by atoms with van der Waals surface area (Å²) >= 11 is 0. The Balaban J connectivity index is 2.92. The van der Waals surface area contributed by atoms with E-state index in [2.05, 4.69) is 4.98 Å². The molecule has 0 saturated heterocycles. The topological polar surface area (TPSA) is 50.2 Å². The van der Waals surface area contributed by atoms with E-state index in [1.807, 2.05) is 0 Å². The molecule has 0 bridgehead atoms. The van der Waals surface area contributed by atoms with Crippen molar-refractivity contribution in [3.05, 3.63) is 29.6 Å². The zero-order valence-electron chi connectivity index (χ0n) is 7.58. The number of hydrogen-bond acceptors (Lipinski definition) is 2. The zero-order chi connectivity index (χ0) is 11.5. The standard InChI is InChI=1S/C9H8F3NO2/c10-9(11,12)8-6(2-1-5-13-8)3-4-7(14)15/h1-2,5H,3-4H2,(H,14,15). The zero-order valence-corrected chi connectivity index (χ0v) is 7.58. The molecule has 15 heavy (non-hydrogen) atoms. The second-order valence-electron chi connectivity index (χ2n) is 2.90. The van der Waals surface area contributed by atoms with E-state index in [1.54, 1.807) is 0 Å². The van der Waals surface area contributed by atoms with Gasteiger partial charge in [-0.3, -0.25) is 9.78 Å². The van der Waals surface area contributed by atoms with E-state index < -0.39 is 17.8 Å². The SMILES string of the molecule is O=C(O)CCc1cccnc1C(F)(F)F. The number of alkyl halides is 3. The van der Waals surface area contributed by atoms with Crippen LogP contribution < -0.4 is 0 Å². The number of carboxylic acids is 1. The van der Waals surface area contributed by atoms with Crippen LogP contribution >= 0.6 is 0 Å². The Hall–Kier alpha value is -1.59. The lowest BCUT2D eigenvalue weighted by atomic mass is 10.1. The Kier molecular flexibility index (Phi) is 3.28. The fourth-order valence-electron chi connectivity index (χ4n) is 1.14. The maximum absolute atomic E-state index is 12.4. The maximum atomic E-state index is 12.4. The second-order valence-corrected chi connectivity index (χ2v) is 2.90. The van der Waals surface area contributed by atoms with Crippen molar-refractivity contribution in [2.45, 2.75) is 19.0 Å². The number of nitrogens with zero attached hydrogens (tertiary/aromatic N) is 1. The lowest BCUT2D eigenvalue weighted by Gasteiger charge is -2.09. The van der Waals surface area contributed by atoms with Gasteiger partial charge in [-0.05, 0) is 18.1 Å². The van der Waals surface area contributed by atoms with E-state index in [0.717, 1.165) is 6.20 Å². The van der Waals surface area contributed by atoms with Crippen LogP contribution in [0.15, 0.2) is 18.3 Å². The van der Waals surface area contributed by atoms with Crippen molar-refractivity contribution in [2.75, 3.05) is 0 Å². The molecule has 0 aromatic carbocycles. The molecule has 0 spiro atoms. The van der Waals surface area contributed by atoms with E-state index in [4.69, 9.17) is 5.11 Å². The van der Waals surface area contributed by atoms with Gasteiger partial charge in [-0.25, -0.2) is 0 Å². The summed E-state index contributed by atoms with van der Waals surface area (Å²) in [4.78, 5) is 13.4. The molecule has 0 radical (unpaired) electrons. The largest absolute Gasteiger partial charge is 0.481 e. The molecule has 1 aromatic rings. The van der Waals surface area contributed by atoms with Crippen LogP contribution in [-0.4, -0.2) is 16.1 Å². The molecule has 0 aliphatic heterocycles.